The van der Waals surface area contributed by atoms with Crippen LogP contribution >= 0.6 is 10.5 Å². The van der Waals surface area contributed by atoms with Gasteiger partial charge in [-0.25, -0.2) is 8.78 Å². The Morgan fingerprint density at radius 1 is 0.889 bits per heavy atom. The van der Waals surface area contributed by atoms with Crippen molar-refractivity contribution < 1.29 is 8.78 Å². The molecule has 3 aromatic rings. The van der Waals surface area contributed by atoms with E-state index in [1.807, 2.05) is 19.1 Å². The lowest BCUT2D eigenvalue weighted by Crippen LogP contribution is -1.76. The van der Waals surface area contributed by atoms with E-state index in [1.54, 1.807) is 18.2 Å². The quantitative estimate of drug-likeness (QED) is 0.530. The second kappa shape index (κ2) is 4.18. The van der Waals surface area contributed by atoms with Gasteiger partial charge in [-0.1, -0.05) is 6.07 Å². The summed E-state index contributed by atoms with van der Waals surface area (Å²) < 4.78 is 27.6. The Labute approximate surface area is 106 Å². The molecule has 0 amide bonds. The normalized spacial score (nSPS) is 12.1. The minimum Gasteiger partial charge on any atom is -0.207 e. The van der Waals surface area contributed by atoms with Gasteiger partial charge in [0.15, 0.2) is 14.5 Å². The van der Waals surface area contributed by atoms with E-state index >= 15 is 0 Å². The van der Waals surface area contributed by atoms with Gasteiger partial charge in [0, 0.05) is 41.0 Å². The number of aryl methyl sites for hydroxylation is 1. The van der Waals surface area contributed by atoms with Crippen LogP contribution in [0, 0.1) is 18.6 Å². The van der Waals surface area contributed by atoms with E-state index in [9.17, 15) is 8.78 Å². The molecule has 0 fully saturated rings. The summed E-state index contributed by atoms with van der Waals surface area (Å²) in [6, 6.07) is 13.4. The predicted molar refractivity (Wildman–Crippen MR) is 72.4 cm³/mol. The van der Waals surface area contributed by atoms with E-state index in [2.05, 4.69) is 0 Å². The van der Waals surface area contributed by atoms with E-state index in [0.29, 0.717) is 0 Å². The summed E-state index contributed by atoms with van der Waals surface area (Å²) in [6.45, 7) is 2.01. The van der Waals surface area contributed by atoms with Crippen molar-refractivity contribution in [1.82, 2.24) is 0 Å². The van der Waals surface area contributed by atoms with Crippen molar-refractivity contribution >= 4 is 20.6 Å². The molecule has 0 saturated heterocycles. The van der Waals surface area contributed by atoms with Crippen LogP contribution in [0.5, 0.6) is 0 Å². The molecule has 90 valence electrons. The Morgan fingerprint density at radius 3 is 2.44 bits per heavy atom. The molecule has 0 aliphatic carbocycles. The molecule has 0 saturated carbocycles. The van der Waals surface area contributed by atoms with Gasteiger partial charge in [0.1, 0.15) is 11.6 Å². The molecule has 0 spiro atoms. The Balaban J connectivity index is 2.32. The molecule has 1 unspecified atom stereocenters. The molecular formula is C15H11F2S+. The van der Waals surface area contributed by atoms with Crippen molar-refractivity contribution in [2.24, 2.45) is 0 Å². The molecule has 1 atom stereocenters. The Morgan fingerprint density at radius 2 is 1.67 bits per heavy atom. The first-order valence-corrected chi connectivity index (χ1v) is 6.85. The highest BCUT2D eigenvalue weighted by molar-refractivity contribution is 7.45. The second-order valence-electron chi connectivity index (χ2n) is 4.20. The topological polar surface area (TPSA) is 0 Å². The average molecular weight is 261 g/mol. The largest absolute Gasteiger partial charge is 0.207 e. The summed E-state index contributed by atoms with van der Waals surface area (Å²) in [4.78, 5) is 2.08. The molecule has 1 heterocycles. The molecule has 3 rings (SSSR count). The van der Waals surface area contributed by atoms with Crippen LogP contribution in [0.3, 0.4) is 0 Å². The lowest BCUT2D eigenvalue weighted by Gasteiger charge is -1.94. The van der Waals surface area contributed by atoms with Gasteiger partial charge in [-0.15, -0.1) is 0 Å². The molecule has 1 aromatic heterocycles. The number of hydrogen-bond acceptors (Lipinski definition) is 0. The molecule has 0 nitrogen and oxygen atoms in total. The third-order valence-electron chi connectivity index (χ3n) is 2.90. The van der Waals surface area contributed by atoms with Gasteiger partial charge in [-0.2, -0.15) is 0 Å². The maximum atomic E-state index is 13.3. The summed E-state index contributed by atoms with van der Waals surface area (Å²) in [6.07, 6.45) is 0. The minimum atomic E-state index is -0.274. The van der Waals surface area contributed by atoms with Crippen LogP contribution < -0.4 is 0 Å². The highest BCUT2D eigenvalue weighted by Crippen LogP contribution is 2.43. The number of benzene rings is 2. The van der Waals surface area contributed by atoms with Crippen molar-refractivity contribution in [1.29, 1.82) is 0 Å². The first-order valence-electron chi connectivity index (χ1n) is 5.63. The van der Waals surface area contributed by atoms with Crippen LogP contribution in [-0.2, 0) is 0 Å². The van der Waals surface area contributed by atoms with Crippen LogP contribution in [0.15, 0.2) is 48.5 Å². The predicted octanol–water partition coefficient (Wildman–Crippen LogP) is 5.16. The van der Waals surface area contributed by atoms with Crippen LogP contribution in [-0.4, -0.2) is 0 Å². The molecule has 0 radical (unpaired) electrons. The zero-order chi connectivity index (χ0) is 12.7. The highest BCUT2D eigenvalue weighted by Gasteiger charge is 2.20. The maximum absolute atomic E-state index is 13.3. The lowest BCUT2D eigenvalue weighted by molar-refractivity contribution is 0.628. The molecule has 18 heavy (non-hydrogen) atoms. The summed E-state index contributed by atoms with van der Waals surface area (Å²) in [5.74, 6) is -0.467. The smallest absolute Gasteiger partial charge is 0.186 e. The van der Waals surface area contributed by atoms with Gasteiger partial charge in [0.25, 0.3) is 0 Å². The average Bonchev–Trinajstić information content (AvgIpc) is 2.64. The summed E-state index contributed by atoms with van der Waals surface area (Å²) in [5.41, 5.74) is 0. The maximum Gasteiger partial charge on any atom is 0.186 e. The fourth-order valence-electron chi connectivity index (χ4n) is 2.18. The Hall–Kier alpha value is -1.74. The molecule has 2 aromatic carbocycles. The number of hydrogen-bond donors (Lipinski definition) is 0. The van der Waals surface area contributed by atoms with Crippen LogP contribution in [0.1, 0.15) is 4.88 Å². The third-order valence-corrected chi connectivity index (χ3v) is 5.20. The van der Waals surface area contributed by atoms with E-state index in [4.69, 9.17) is 0 Å². The van der Waals surface area contributed by atoms with Gasteiger partial charge >= 0.3 is 0 Å². The molecule has 0 N–H and O–H groups in total. The van der Waals surface area contributed by atoms with Gasteiger partial charge in [0.2, 0.25) is 0 Å². The number of halogens is 2. The van der Waals surface area contributed by atoms with Gasteiger partial charge < -0.3 is 0 Å². The summed E-state index contributed by atoms with van der Waals surface area (Å²) >= 11 is 0. The molecule has 0 bridgehead atoms. The van der Waals surface area contributed by atoms with Gasteiger partial charge in [-0.3, -0.25) is 0 Å². The van der Waals surface area contributed by atoms with E-state index < -0.39 is 0 Å². The lowest BCUT2D eigenvalue weighted by atomic mass is 10.2. The van der Waals surface area contributed by atoms with Gasteiger partial charge in [0.05, 0.1) is 0 Å². The summed E-state index contributed by atoms with van der Waals surface area (Å²) in [5, 5.41) is 0.903. The monoisotopic (exact) mass is 261 g/mol. The zero-order valence-corrected chi connectivity index (χ0v) is 10.6. The van der Waals surface area contributed by atoms with Gasteiger partial charge in [-0.05, 0) is 24.3 Å². The number of fused-ring (bicyclic) bond motifs is 1. The van der Waals surface area contributed by atoms with Crippen molar-refractivity contribution in [3.63, 3.8) is 0 Å². The molecule has 0 aliphatic heterocycles. The SMILES string of the molecule is Cc1cc2cc(F)ccc2[s+]1-c1cccc(F)c1. The van der Waals surface area contributed by atoms with Crippen molar-refractivity contribution in [2.75, 3.05) is 0 Å². The van der Waals surface area contributed by atoms with Crippen LogP contribution in [0.4, 0.5) is 8.78 Å². The first-order chi connectivity index (χ1) is 8.65. The summed E-state index contributed by atoms with van der Waals surface area (Å²) in [7, 11) is -0.274. The van der Waals surface area contributed by atoms with Crippen molar-refractivity contribution in [2.45, 2.75) is 6.92 Å². The molecule has 0 aliphatic rings. The number of thiophene rings is 1. The third kappa shape index (κ3) is 1.81. The Bertz CT molecular complexity index is 728. The Kier molecular flexibility index (Phi) is 2.63. The van der Waals surface area contributed by atoms with E-state index in [-0.39, 0.29) is 22.1 Å². The number of rotatable bonds is 1. The van der Waals surface area contributed by atoms with Crippen LogP contribution in [0.2, 0.25) is 0 Å². The highest BCUT2D eigenvalue weighted by atomic mass is 32.2. The van der Waals surface area contributed by atoms with Crippen molar-refractivity contribution in [3.8, 4) is 4.90 Å². The fourth-order valence-corrected chi connectivity index (χ4v) is 4.40. The van der Waals surface area contributed by atoms with Crippen LogP contribution in [0.25, 0.3) is 15.0 Å². The van der Waals surface area contributed by atoms with E-state index in [0.717, 1.165) is 19.9 Å². The van der Waals surface area contributed by atoms with E-state index in [1.165, 1.54) is 18.2 Å². The standard InChI is InChI=1S/C15H11F2S/c1-10-7-11-8-13(17)5-6-15(11)18(10)14-4-2-3-12(16)9-14/h2-9H,1H3/q+1. The zero-order valence-electron chi connectivity index (χ0n) is 9.78. The minimum absolute atomic E-state index is 0.233. The second-order valence-corrected chi connectivity index (χ2v) is 6.37. The first kappa shape index (κ1) is 11.4. The molecule has 3 heteroatoms. The fraction of sp³-hybridized carbons (Fsp3) is 0.0667. The molecular weight excluding hydrogens is 250 g/mol. The van der Waals surface area contributed by atoms with Crippen molar-refractivity contribution in [3.05, 3.63) is 65.0 Å².